The molecule has 0 radical (unpaired) electrons. The maximum atomic E-state index is 11.8. The Bertz CT molecular complexity index is 388. The van der Waals surface area contributed by atoms with E-state index in [1.807, 2.05) is 13.0 Å². The number of hydrogen-bond donors (Lipinski definition) is 2. The van der Waals surface area contributed by atoms with E-state index in [0.717, 1.165) is 37.4 Å². The van der Waals surface area contributed by atoms with Gasteiger partial charge >= 0.3 is 0 Å². The van der Waals surface area contributed by atoms with Crippen molar-refractivity contribution in [3.8, 4) is 0 Å². The van der Waals surface area contributed by atoms with Crippen LogP contribution in [-0.4, -0.2) is 48.5 Å². The van der Waals surface area contributed by atoms with Crippen LogP contribution >= 0.6 is 0 Å². The van der Waals surface area contributed by atoms with Crippen LogP contribution in [0.4, 0.5) is 5.69 Å². The Labute approximate surface area is 101 Å². The Morgan fingerprint density at radius 3 is 3.00 bits per heavy atom. The highest BCUT2D eigenvalue weighted by atomic mass is 16.2. The van der Waals surface area contributed by atoms with Gasteiger partial charge in [-0.05, 0) is 18.6 Å². The number of nitrogens with one attached hydrogen (secondary N) is 2. The molecule has 0 unspecified atom stereocenters. The van der Waals surface area contributed by atoms with Gasteiger partial charge < -0.3 is 10.6 Å². The van der Waals surface area contributed by atoms with Crippen LogP contribution in [0.5, 0.6) is 0 Å². The Balaban J connectivity index is 1.86. The maximum Gasteiger partial charge on any atom is 0.238 e. The van der Waals surface area contributed by atoms with Gasteiger partial charge in [0, 0.05) is 32.4 Å². The van der Waals surface area contributed by atoms with Crippen LogP contribution in [0.15, 0.2) is 18.5 Å². The van der Waals surface area contributed by atoms with Crippen molar-refractivity contribution in [1.29, 1.82) is 0 Å². The minimum Gasteiger partial charge on any atom is -0.323 e. The van der Waals surface area contributed by atoms with Gasteiger partial charge in [0.2, 0.25) is 5.91 Å². The van der Waals surface area contributed by atoms with E-state index in [9.17, 15) is 4.79 Å². The monoisotopic (exact) mass is 234 g/mol. The predicted octanol–water partition coefficient (Wildman–Crippen LogP) is 0.234. The SMILES string of the molecule is Cc1ccncc1NC(=O)CN1CCNCC1. The van der Waals surface area contributed by atoms with E-state index >= 15 is 0 Å². The van der Waals surface area contributed by atoms with E-state index in [1.54, 1.807) is 12.4 Å². The summed E-state index contributed by atoms with van der Waals surface area (Å²) in [6.07, 6.45) is 3.41. The molecule has 5 heteroatoms. The summed E-state index contributed by atoms with van der Waals surface area (Å²) >= 11 is 0. The van der Waals surface area contributed by atoms with Crippen LogP contribution < -0.4 is 10.6 Å². The lowest BCUT2D eigenvalue weighted by Crippen LogP contribution is -2.46. The molecular weight excluding hydrogens is 216 g/mol. The van der Waals surface area contributed by atoms with Crippen LogP contribution in [0.25, 0.3) is 0 Å². The molecule has 0 saturated carbocycles. The first-order valence-corrected chi connectivity index (χ1v) is 5.89. The molecule has 5 nitrogen and oxygen atoms in total. The molecule has 0 atom stereocenters. The number of hydrogen-bond acceptors (Lipinski definition) is 4. The van der Waals surface area contributed by atoms with E-state index in [0.29, 0.717) is 6.54 Å². The summed E-state index contributed by atoms with van der Waals surface area (Å²) in [5, 5.41) is 6.16. The lowest BCUT2D eigenvalue weighted by molar-refractivity contribution is -0.117. The summed E-state index contributed by atoms with van der Waals surface area (Å²) in [6.45, 7) is 6.19. The Hall–Kier alpha value is -1.46. The van der Waals surface area contributed by atoms with Gasteiger partial charge in [-0.2, -0.15) is 0 Å². The van der Waals surface area contributed by atoms with Crippen molar-refractivity contribution < 1.29 is 4.79 Å². The van der Waals surface area contributed by atoms with E-state index in [-0.39, 0.29) is 5.91 Å². The zero-order valence-corrected chi connectivity index (χ0v) is 10.1. The zero-order chi connectivity index (χ0) is 12.1. The second-order valence-corrected chi connectivity index (χ2v) is 4.26. The fourth-order valence-electron chi connectivity index (χ4n) is 1.86. The predicted molar refractivity (Wildman–Crippen MR) is 66.9 cm³/mol. The first kappa shape index (κ1) is 12.0. The molecule has 0 aliphatic carbocycles. The van der Waals surface area contributed by atoms with Gasteiger partial charge in [0.1, 0.15) is 0 Å². The Morgan fingerprint density at radius 1 is 1.53 bits per heavy atom. The van der Waals surface area contributed by atoms with E-state index in [1.165, 1.54) is 0 Å². The third-order valence-electron chi connectivity index (χ3n) is 2.89. The number of carbonyl (C=O) groups is 1. The highest BCUT2D eigenvalue weighted by Crippen LogP contribution is 2.11. The molecule has 0 spiro atoms. The Kier molecular flexibility index (Phi) is 4.06. The molecule has 1 aromatic rings. The molecule has 1 saturated heterocycles. The molecule has 2 N–H and O–H groups in total. The van der Waals surface area contributed by atoms with Crippen molar-refractivity contribution in [1.82, 2.24) is 15.2 Å². The number of aryl methyl sites for hydroxylation is 1. The second-order valence-electron chi connectivity index (χ2n) is 4.26. The highest BCUT2D eigenvalue weighted by Gasteiger charge is 2.13. The summed E-state index contributed by atoms with van der Waals surface area (Å²) in [7, 11) is 0. The van der Waals surface area contributed by atoms with Crippen molar-refractivity contribution in [2.45, 2.75) is 6.92 Å². The molecule has 1 aliphatic heterocycles. The summed E-state index contributed by atoms with van der Waals surface area (Å²) < 4.78 is 0. The molecule has 1 fully saturated rings. The largest absolute Gasteiger partial charge is 0.323 e. The molecule has 92 valence electrons. The van der Waals surface area contributed by atoms with Crippen LogP contribution in [-0.2, 0) is 4.79 Å². The van der Waals surface area contributed by atoms with Gasteiger partial charge in [0.25, 0.3) is 0 Å². The molecule has 2 rings (SSSR count). The molecule has 0 aromatic carbocycles. The number of amides is 1. The molecule has 1 aliphatic rings. The average molecular weight is 234 g/mol. The van der Waals surface area contributed by atoms with Crippen molar-refractivity contribution in [3.05, 3.63) is 24.0 Å². The lowest BCUT2D eigenvalue weighted by atomic mass is 10.2. The van der Waals surface area contributed by atoms with Crippen molar-refractivity contribution in [2.75, 3.05) is 38.0 Å². The van der Waals surface area contributed by atoms with Crippen molar-refractivity contribution >= 4 is 11.6 Å². The smallest absolute Gasteiger partial charge is 0.238 e. The van der Waals surface area contributed by atoms with Crippen LogP contribution in [0.3, 0.4) is 0 Å². The number of aromatic nitrogens is 1. The fourth-order valence-corrected chi connectivity index (χ4v) is 1.86. The molecule has 1 amide bonds. The standard InChI is InChI=1S/C12H18N4O/c1-10-2-3-14-8-11(10)15-12(17)9-16-6-4-13-5-7-16/h2-3,8,13H,4-7,9H2,1H3,(H,15,17). The quantitative estimate of drug-likeness (QED) is 0.786. The number of piperazine rings is 1. The molecular formula is C12H18N4O. The normalized spacial score (nSPS) is 16.8. The summed E-state index contributed by atoms with van der Waals surface area (Å²) in [4.78, 5) is 18.0. The first-order valence-electron chi connectivity index (χ1n) is 5.89. The zero-order valence-electron chi connectivity index (χ0n) is 10.1. The summed E-state index contributed by atoms with van der Waals surface area (Å²) in [5.74, 6) is 0.0306. The minimum absolute atomic E-state index is 0.0306. The number of rotatable bonds is 3. The highest BCUT2D eigenvalue weighted by molar-refractivity contribution is 5.92. The van der Waals surface area contributed by atoms with Crippen LogP contribution in [0, 0.1) is 6.92 Å². The average Bonchev–Trinajstić information content (AvgIpc) is 2.33. The van der Waals surface area contributed by atoms with Gasteiger partial charge in [0.15, 0.2) is 0 Å². The molecule has 0 bridgehead atoms. The minimum atomic E-state index is 0.0306. The topological polar surface area (TPSA) is 57.3 Å². The first-order chi connectivity index (χ1) is 8.25. The molecule has 17 heavy (non-hydrogen) atoms. The summed E-state index contributed by atoms with van der Waals surface area (Å²) in [6, 6.07) is 1.89. The van der Waals surface area contributed by atoms with Gasteiger partial charge in [-0.3, -0.25) is 14.7 Å². The molecule has 1 aromatic heterocycles. The van der Waals surface area contributed by atoms with E-state index < -0.39 is 0 Å². The Morgan fingerprint density at radius 2 is 2.29 bits per heavy atom. The van der Waals surface area contributed by atoms with Crippen molar-refractivity contribution in [2.24, 2.45) is 0 Å². The number of carbonyl (C=O) groups excluding carboxylic acids is 1. The van der Waals surface area contributed by atoms with Gasteiger partial charge in [-0.15, -0.1) is 0 Å². The third kappa shape index (κ3) is 3.51. The molecule has 2 heterocycles. The summed E-state index contributed by atoms with van der Waals surface area (Å²) in [5.41, 5.74) is 1.83. The maximum absolute atomic E-state index is 11.8. The number of anilines is 1. The van der Waals surface area contributed by atoms with Gasteiger partial charge in [-0.1, -0.05) is 0 Å². The van der Waals surface area contributed by atoms with Crippen LogP contribution in [0.1, 0.15) is 5.56 Å². The van der Waals surface area contributed by atoms with Gasteiger partial charge in [0.05, 0.1) is 18.4 Å². The van der Waals surface area contributed by atoms with Gasteiger partial charge in [-0.25, -0.2) is 0 Å². The van der Waals surface area contributed by atoms with Crippen molar-refractivity contribution in [3.63, 3.8) is 0 Å². The van der Waals surface area contributed by atoms with E-state index in [2.05, 4.69) is 20.5 Å². The second kappa shape index (κ2) is 5.75. The number of pyridine rings is 1. The van der Waals surface area contributed by atoms with E-state index in [4.69, 9.17) is 0 Å². The van der Waals surface area contributed by atoms with Crippen LogP contribution in [0.2, 0.25) is 0 Å². The lowest BCUT2D eigenvalue weighted by Gasteiger charge is -2.26. The number of nitrogens with zero attached hydrogens (tertiary/aromatic N) is 2. The third-order valence-corrected chi connectivity index (χ3v) is 2.89. The fraction of sp³-hybridized carbons (Fsp3) is 0.500.